The Hall–Kier alpha value is -1.94. The molecule has 0 bridgehead atoms. The number of hydrogen-bond acceptors (Lipinski definition) is 3. The van der Waals surface area contributed by atoms with Gasteiger partial charge in [-0.2, -0.15) is 0 Å². The number of imidazole rings is 1. The van der Waals surface area contributed by atoms with Crippen LogP contribution in [0.5, 0.6) is 5.75 Å². The Balaban J connectivity index is 2.16. The zero-order valence-corrected chi connectivity index (χ0v) is 11.2. The van der Waals surface area contributed by atoms with Crippen LogP contribution in [0.1, 0.15) is 11.4 Å². The lowest BCUT2D eigenvalue weighted by molar-refractivity contribution is 0.419. The van der Waals surface area contributed by atoms with Gasteiger partial charge in [0.2, 0.25) is 0 Å². The van der Waals surface area contributed by atoms with Gasteiger partial charge in [0.1, 0.15) is 17.1 Å². The van der Waals surface area contributed by atoms with Crippen molar-refractivity contribution in [3.8, 4) is 5.75 Å². The molecule has 4 nitrogen and oxygen atoms in total. The second-order valence-corrected chi connectivity index (χ2v) is 4.47. The van der Waals surface area contributed by atoms with Crippen LogP contribution in [-0.4, -0.2) is 16.7 Å². The van der Waals surface area contributed by atoms with Gasteiger partial charge in [-0.1, -0.05) is 6.07 Å². The molecule has 0 saturated carbocycles. The van der Waals surface area contributed by atoms with Crippen molar-refractivity contribution in [1.82, 2.24) is 9.55 Å². The standard InChI is InChI=1S/C14H13ClN2O2/c1-18-12-4-2-3-11-14(12)16-13(7-15)17(11)8-10-5-6-19-9-10/h2-6,9H,7-8H2,1H3. The maximum atomic E-state index is 5.99. The lowest BCUT2D eigenvalue weighted by atomic mass is 10.2. The van der Waals surface area contributed by atoms with Crippen LogP contribution >= 0.6 is 11.6 Å². The van der Waals surface area contributed by atoms with Gasteiger partial charge >= 0.3 is 0 Å². The Morgan fingerprint density at radius 1 is 1.37 bits per heavy atom. The van der Waals surface area contributed by atoms with Gasteiger partial charge in [0, 0.05) is 5.56 Å². The van der Waals surface area contributed by atoms with Crippen LogP contribution in [0.15, 0.2) is 41.2 Å². The zero-order valence-electron chi connectivity index (χ0n) is 10.5. The molecule has 0 spiro atoms. The molecule has 0 aliphatic rings. The summed E-state index contributed by atoms with van der Waals surface area (Å²) < 4.78 is 12.5. The molecule has 0 N–H and O–H groups in total. The number of alkyl halides is 1. The van der Waals surface area contributed by atoms with Crippen molar-refractivity contribution < 1.29 is 9.15 Å². The molecule has 0 fully saturated rings. The molecule has 98 valence electrons. The maximum absolute atomic E-state index is 5.99. The van der Waals surface area contributed by atoms with E-state index in [1.54, 1.807) is 19.6 Å². The van der Waals surface area contributed by atoms with Crippen LogP contribution < -0.4 is 4.74 Å². The van der Waals surface area contributed by atoms with Crippen molar-refractivity contribution in [2.24, 2.45) is 0 Å². The van der Waals surface area contributed by atoms with E-state index in [0.29, 0.717) is 12.4 Å². The first-order chi connectivity index (χ1) is 9.33. The third-order valence-electron chi connectivity index (χ3n) is 3.08. The highest BCUT2D eigenvalue weighted by molar-refractivity contribution is 6.16. The van der Waals surface area contributed by atoms with Crippen LogP contribution in [-0.2, 0) is 12.4 Å². The monoisotopic (exact) mass is 276 g/mol. The van der Waals surface area contributed by atoms with Gasteiger partial charge in [-0.15, -0.1) is 11.6 Å². The highest BCUT2D eigenvalue weighted by Gasteiger charge is 2.13. The topological polar surface area (TPSA) is 40.2 Å². The average molecular weight is 277 g/mol. The predicted octanol–water partition coefficient (Wildman–Crippen LogP) is 3.43. The Kier molecular flexibility index (Phi) is 3.17. The molecule has 0 saturated heterocycles. The molecular formula is C14H13ClN2O2. The Bertz CT molecular complexity index is 689. The average Bonchev–Trinajstić information content (AvgIpc) is 3.07. The Morgan fingerprint density at radius 3 is 2.95 bits per heavy atom. The minimum absolute atomic E-state index is 0.357. The summed E-state index contributed by atoms with van der Waals surface area (Å²) in [5, 5.41) is 0. The van der Waals surface area contributed by atoms with Crippen molar-refractivity contribution in [2.45, 2.75) is 12.4 Å². The minimum atomic E-state index is 0.357. The molecule has 0 atom stereocenters. The minimum Gasteiger partial charge on any atom is -0.494 e. The SMILES string of the molecule is COc1cccc2c1nc(CCl)n2Cc1ccoc1. The van der Waals surface area contributed by atoms with Gasteiger partial charge in [-0.05, 0) is 18.2 Å². The second kappa shape index (κ2) is 4.97. The molecular weight excluding hydrogens is 264 g/mol. The number of furan rings is 1. The van der Waals surface area contributed by atoms with E-state index >= 15 is 0 Å². The number of hydrogen-bond donors (Lipinski definition) is 0. The molecule has 2 heterocycles. The molecule has 2 aromatic heterocycles. The van der Waals surface area contributed by atoms with Crippen molar-refractivity contribution >= 4 is 22.6 Å². The molecule has 19 heavy (non-hydrogen) atoms. The molecule has 1 aromatic carbocycles. The fraction of sp³-hybridized carbons (Fsp3) is 0.214. The fourth-order valence-electron chi connectivity index (χ4n) is 2.18. The highest BCUT2D eigenvalue weighted by atomic mass is 35.5. The van der Waals surface area contributed by atoms with E-state index in [1.165, 1.54) is 0 Å². The molecule has 3 rings (SSSR count). The maximum Gasteiger partial charge on any atom is 0.146 e. The first kappa shape index (κ1) is 12.1. The summed E-state index contributed by atoms with van der Waals surface area (Å²) in [6.07, 6.45) is 3.39. The summed E-state index contributed by atoms with van der Waals surface area (Å²) in [7, 11) is 1.64. The first-order valence-electron chi connectivity index (χ1n) is 5.92. The Morgan fingerprint density at radius 2 is 2.26 bits per heavy atom. The van der Waals surface area contributed by atoms with Crippen LogP contribution in [0.4, 0.5) is 0 Å². The van der Waals surface area contributed by atoms with Gasteiger partial charge in [0.15, 0.2) is 0 Å². The number of aromatic nitrogens is 2. The quantitative estimate of drug-likeness (QED) is 0.686. The van der Waals surface area contributed by atoms with E-state index in [2.05, 4.69) is 9.55 Å². The summed E-state index contributed by atoms with van der Waals surface area (Å²) >= 11 is 5.99. The fourth-order valence-corrected chi connectivity index (χ4v) is 2.38. The first-order valence-corrected chi connectivity index (χ1v) is 6.46. The van der Waals surface area contributed by atoms with Gasteiger partial charge in [-0.25, -0.2) is 4.98 Å². The molecule has 0 amide bonds. The van der Waals surface area contributed by atoms with E-state index in [0.717, 1.165) is 28.2 Å². The van der Waals surface area contributed by atoms with Crippen molar-refractivity contribution in [1.29, 1.82) is 0 Å². The molecule has 0 unspecified atom stereocenters. The van der Waals surface area contributed by atoms with Gasteiger partial charge in [0.05, 0.1) is 37.6 Å². The second-order valence-electron chi connectivity index (χ2n) is 4.21. The summed E-state index contributed by atoms with van der Waals surface area (Å²) in [6.45, 7) is 0.683. The molecule has 3 aromatic rings. The zero-order chi connectivity index (χ0) is 13.2. The third-order valence-corrected chi connectivity index (χ3v) is 3.32. The highest BCUT2D eigenvalue weighted by Crippen LogP contribution is 2.27. The molecule has 5 heteroatoms. The summed E-state index contributed by atoms with van der Waals surface area (Å²) in [6, 6.07) is 7.80. The molecule has 0 aliphatic carbocycles. The number of nitrogens with zero attached hydrogens (tertiary/aromatic N) is 2. The predicted molar refractivity (Wildman–Crippen MR) is 73.7 cm³/mol. The third kappa shape index (κ3) is 2.08. The number of halogens is 1. The normalized spacial score (nSPS) is 11.1. The van der Waals surface area contributed by atoms with Gasteiger partial charge < -0.3 is 13.7 Å². The van der Waals surface area contributed by atoms with Crippen molar-refractivity contribution in [2.75, 3.05) is 7.11 Å². The van der Waals surface area contributed by atoms with E-state index in [-0.39, 0.29) is 0 Å². The van der Waals surface area contributed by atoms with E-state index < -0.39 is 0 Å². The summed E-state index contributed by atoms with van der Waals surface area (Å²) in [5.74, 6) is 1.94. The van der Waals surface area contributed by atoms with Crippen LogP contribution in [0.25, 0.3) is 11.0 Å². The molecule has 0 radical (unpaired) electrons. The van der Waals surface area contributed by atoms with E-state index in [4.69, 9.17) is 20.8 Å². The molecule has 0 aliphatic heterocycles. The van der Waals surface area contributed by atoms with Gasteiger partial charge in [-0.3, -0.25) is 0 Å². The van der Waals surface area contributed by atoms with E-state index in [9.17, 15) is 0 Å². The largest absolute Gasteiger partial charge is 0.494 e. The van der Waals surface area contributed by atoms with Crippen LogP contribution in [0, 0.1) is 0 Å². The Labute approximate surface area is 115 Å². The van der Waals surface area contributed by atoms with E-state index in [1.807, 2.05) is 24.3 Å². The van der Waals surface area contributed by atoms with Crippen molar-refractivity contribution in [3.05, 3.63) is 48.2 Å². The number of methoxy groups -OCH3 is 1. The lowest BCUT2D eigenvalue weighted by Crippen LogP contribution is -2.02. The summed E-state index contributed by atoms with van der Waals surface area (Å²) in [4.78, 5) is 4.56. The number of benzene rings is 1. The van der Waals surface area contributed by atoms with Crippen LogP contribution in [0.2, 0.25) is 0 Å². The summed E-state index contributed by atoms with van der Waals surface area (Å²) in [5.41, 5.74) is 2.92. The van der Waals surface area contributed by atoms with Crippen LogP contribution in [0.3, 0.4) is 0 Å². The number of rotatable bonds is 4. The lowest BCUT2D eigenvalue weighted by Gasteiger charge is -2.06. The number of fused-ring (bicyclic) bond motifs is 1. The number of ether oxygens (including phenoxy) is 1. The smallest absolute Gasteiger partial charge is 0.146 e. The van der Waals surface area contributed by atoms with Crippen molar-refractivity contribution in [3.63, 3.8) is 0 Å². The number of para-hydroxylation sites is 1. The van der Waals surface area contributed by atoms with Gasteiger partial charge in [0.25, 0.3) is 0 Å².